The lowest BCUT2D eigenvalue weighted by molar-refractivity contribution is -0.134. The molecule has 1 aliphatic rings. The number of aryl methyl sites for hydroxylation is 2. The van der Waals surface area contributed by atoms with Crippen LogP contribution < -0.4 is 4.74 Å². The monoisotopic (exact) mass is 511 g/mol. The molecule has 0 spiro atoms. The predicted octanol–water partition coefficient (Wildman–Crippen LogP) is 3.62. The van der Waals surface area contributed by atoms with E-state index in [9.17, 15) is 14.4 Å². The van der Waals surface area contributed by atoms with E-state index < -0.39 is 6.04 Å². The zero-order valence-electron chi connectivity index (χ0n) is 22.9. The molecule has 37 heavy (non-hydrogen) atoms. The van der Waals surface area contributed by atoms with Crippen molar-refractivity contribution in [3.8, 4) is 5.75 Å². The maximum absolute atomic E-state index is 13.5. The minimum Gasteiger partial charge on any atom is -0.493 e. The second kappa shape index (κ2) is 13.3. The molecule has 0 bridgehead atoms. The van der Waals surface area contributed by atoms with Gasteiger partial charge in [-0.15, -0.1) is 0 Å². The molecule has 1 aromatic heterocycles. The molecule has 0 N–H and O–H groups in total. The number of hydrogen-bond acceptors (Lipinski definition) is 5. The average Bonchev–Trinajstić information content (AvgIpc) is 3.29. The Morgan fingerprint density at radius 1 is 1.14 bits per heavy atom. The van der Waals surface area contributed by atoms with Crippen LogP contribution in [-0.4, -0.2) is 89.1 Å². The van der Waals surface area contributed by atoms with Crippen LogP contribution >= 0.6 is 0 Å². The van der Waals surface area contributed by atoms with Crippen LogP contribution in [0.15, 0.2) is 30.5 Å². The predicted molar refractivity (Wildman–Crippen MR) is 143 cm³/mol. The molecular formula is C28H41N5O4. The van der Waals surface area contributed by atoms with Crippen LogP contribution in [0.4, 0.5) is 0 Å². The number of hydrogen-bond donors (Lipinski definition) is 0. The van der Waals surface area contributed by atoms with Crippen molar-refractivity contribution >= 4 is 17.7 Å². The molecule has 9 heteroatoms. The Balaban J connectivity index is 1.68. The highest BCUT2D eigenvalue weighted by Gasteiger charge is 2.31. The molecule has 3 rings (SSSR count). The molecule has 0 radical (unpaired) electrons. The summed E-state index contributed by atoms with van der Waals surface area (Å²) in [6.45, 7) is 6.29. The van der Waals surface area contributed by atoms with Crippen LogP contribution in [0.2, 0.25) is 0 Å². The number of nitrogens with zero attached hydrogens (tertiary/aromatic N) is 5. The lowest BCUT2D eigenvalue weighted by Gasteiger charge is -2.31. The van der Waals surface area contributed by atoms with Gasteiger partial charge in [-0.25, -0.2) is 0 Å². The molecule has 1 aliphatic heterocycles. The Morgan fingerprint density at radius 2 is 1.89 bits per heavy atom. The molecule has 1 atom stereocenters. The topological polar surface area (TPSA) is 88.0 Å². The zero-order chi connectivity index (χ0) is 26.9. The van der Waals surface area contributed by atoms with Gasteiger partial charge in [-0.05, 0) is 64.5 Å². The molecule has 0 saturated carbocycles. The highest BCUT2D eigenvalue weighted by atomic mass is 16.5. The van der Waals surface area contributed by atoms with Crippen LogP contribution in [0, 0.1) is 6.92 Å². The summed E-state index contributed by atoms with van der Waals surface area (Å²) in [4.78, 5) is 44.8. The highest BCUT2D eigenvalue weighted by Crippen LogP contribution is 2.23. The summed E-state index contributed by atoms with van der Waals surface area (Å²) in [5, 5.41) is 4.37. The van der Waals surface area contributed by atoms with E-state index in [4.69, 9.17) is 4.74 Å². The first kappa shape index (κ1) is 28.2. The van der Waals surface area contributed by atoms with Gasteiger partial charge in [-0.2, -0.15) is 5.10 Å². The third kappa shape index (κ3) is 7.11. The number of carbonyl (C=O) groups is 3. The Morgan fingerprint density at radius 3 is 2.62 bits per heavy atom. The molecule has 9 nitrogen and oxygen atoms in total. The van der Waals surface area contributed by atoms with Crippen LogP contribution in [0.5, 0.6) is 5.75 Å². The second-order valence-corrected chi connectivity index (χ2v) is 9.80. The van der Waals surface area contributed by atoms with Gasteiger partial charge >= 0.3 is 0 Å². The fourth-order valence-electron chi connectivity index (χ4n) is 4.64. The molecule has 0 fully saturated rings. The number of carbonyl (C=O) groups excluding carboxylic acids is 3. The first-order chi connectivity index (χ1) is 17.7. The van der Waals surface area contributed by atoms with Crippen molar-refractivity contribution in [1.82, 2.24) is 24.5 Å². The Hall–Kier alpha value is -3.36. The molecular weight excluding hydrogens is 470 g/mol. The van der Waals surface area contributed by atoms with Crippen molar-refractivity contribution in [2.24, 2.45) is 0 Å². The van der Waals surface area contributed by atoms with Gasteiger partial charge in [-0.1, -0.05) is 12.1 Å². The van der Waals surface area contributed by atoms with Crippen molar-refractivity contribution in [2.45, 2.75) is 65.0 Å². The largest absolute Gasteiger partial charge is 0.493 e. The number of likely N-dealkylation sites (N-methyl/N-ethyl adjacent to an activating group) is 2. The van der Waals surface area contributed by atoms with E-state index in [1.807, 2.05) is 39.1 Å². The van der Waals surface area contributed by atoms with E-state index >= 15 is 0 Å². The average molecular weight is 512 g/mol. The quantitative estimate of drug-likeness (QED) is 0.530. The van der Waals surface area contributed by atoms with Gasteiger partial charge in [-0.3, -0.25) is 19.1 Å². The minimum absolute atomic E-state index is 0.0551. The van der Waals surface area contributed by atoms with Gasteiger partial charge < -0.3 is 19.4 Å². The number of amides is 3. The van der Waals surface area contributed by atoms with Crippen LogP contribution in [0.1, 0.15) is 71.9 Å². The van der Waals surface area contributed by atoms with E-state index in [1.54, 1.807) is 45.7 Å². The summed E-state index contributed by atoms with van der Waals surface area (Å²) >= 11 is 0. The number of unbranched alkanes of at least 4 members (excludes halogenated alkanes) is 1. The molecule has 202 valence electrons. The molecule has 3 amide bonds. The van der Waals surface area contributed by atoms with E-state index in [-0.39, 0.29) is 17.7 Å². The van der Waals surface area contributed by atoms with Crippen LogP contribution in [0.3, 0.4) is 0 Å². The number of benzene rings is 1. The van der Waals surface area contributed by atoms with E-state index in [2.05, 4.69) is 5.10 Å². The second-order valence-electron chi connectivity index (χ2n) is 9.80. The lowest BCUT2D eigenvalue weighted by atomic mass is 10.0. The SMILES string of the molecule is CCn1cc(C(=O)N(C)CCCC[C@H]2C(=O)N(C)CCCCCOc3ccccc3C(=O)N2C)c(C)n1. The zero-order valence-corrected chi connectivity index (χ0v) is 22.9. The smallest absolute Gasteiger partial charge is 0.258 e. The molecule has 1 aromatic carbocycles. The summed E-state index contributed by atoms with van der Waals surface area (Å²) in [5.41, 5.74) is 1.81. The maximum atomic E-state index is 13.5. The highest BCUT2D eigenvalue weighted by molar-refractivity contribution is 5.99. The fraction of sp³-hybridized carbons (Fsp3) is 0.571. The fourth-order valence-corrected chi connectivity index (χ4v) is 4.64. The number of fused-ring (bicyclic) bond motifs is 1. The maximum Gasteiger partial charge on any atom is 0.258 e. The first-order valence-electron chi connectivity index (χ1n) is 13.3. The van der Waals surface area contributed by atoms with Gasteiger partial charge in [0.2, 0.25) is 5.91 Å². The van der Waals surface area contributed by atoms with E-state index in [0.29, 0.717) is 56.0 Å². The Kier molecular flexibility index (Phi) is 10.1. The van der Waals surface area contributed by atoms with E-state index in [1.165, 1.54) is 0 Å². The van der Waals surface area contributed by atoms with Crippen LogP contribution in [0.25, 0.3) is 0 Å². The summed E-state index contributed by atoms with van der Waals surface area (Å²) in [6.07, 6.45) is 6.43. The van der Waals surface area contributed by atoms with Crippen molar-refractivity contribution in [3.63, 3.8) is 0 Å². The van der Waals surface area contributed by atoms with Gasteiger partial charge in [0.1, 0.15) is 11.8 Å². The van der Waals surface area contributed by atoms with Gasteiger partial charge in [0, 0.05) is 47.0 Å². The Bertz CT molecular complexity index is 1080. The summed E-state index contributed by atoms with van der Waals surface area (Å²) in [6, 6.07) is 6.64. The molecule has 0 saturated heterocycles. The standard InChI is InChI=1S/C28H41N5O4/c1-6-33-20-23(21(2)29-33)26(34)30(3)18-12-10-15-24-28(36)31(4)17-11-7-13-19-37-25-16-9-8-14-22(25)27(35)32(24)5/h8-9,14,16,20,24H,6-7,10-13,15,17-19H2,1-5H3/t24-/m0/s1. The lowest BCUT2D eigenvalue weighted by Crippen LogP contribution is -2.48. The molecule has 2 heterocycles. The normalized spacial score (nSPS) is 17.4. The summed E-state index contributed by atoms with van der Waals surface area (Å²) in [7, 11) is 5.29. The number of ether oxygens (including phenoxy) is 1. The van der Waals surface area contributed by atoms with Crippen molar-refractivity contribution in [1.29, 1.82) is 0 Å². The van der Waals surface area contributed by atoms with Crippen molar-refractivity contribution in [3.05, 3.63) is 47.3 Å². The first-order valence-corrected chi connectivity index (χ1v) is 13.3. The van der Waals surface area contributed by atoms with Crippen molar-refractivity contribution < 1.29 is 19.1 Å². The third-order valence-corrected chi connectivity index (χ3v) is 7.03. The summed E-state index contributed by atoms with van der Waals surface area (Å²) < 4.78 is 7.68. The number of para-hydroxylation sites is 1. The van der Waals surface area contributed by atoms with Gasteiger partial charge in [0.15, 0.2) is 0 Å². The molecule has 0 unspecified atom stereocenters. The minimum atomic E-state index is -0.586. The third-order valence-electron chi connectivity index (χ3n) is 7.03. The van der Waals surface area contributed by atoms with Crippen molar-refractivity contribution in [2.75, 3.05) is 40.8 Å². The van der Waals surface area contributed by atoms with Gasteiger partial charge in [0.25, 0.3) is 11.8 Å². The summed E-state index contributed by atoms with van der Waals surface area (Å²) in [5.74, 6) is 0.219. The molecule has 0 aliphatic carbocycles. The number of aromatic nitrogens is 2. The van der Waals surface area contributed by atoms with E-state index in [0.717, 1.165) is 31.4 Å². The Labute approximate surface area is 220 Å². The van der Waals surface area contributed by atoms with Crippen LogP contribution in [-0.2, 0) is 11.3 Å². The molecule has 2 aromatic rings. The number of rotatable bonds is 7. The van der Waals surface area contributed by atoms with Gasteiger partial charge in [0.05, 0.1) is 23.4 Å².